The van der Waals surface area contributed by atoms with Crippen LogP contribution in [0.15, 0.2) is 45.6 Å². The summed E-state index contributed by atoms with van der Waals surface area (Å²) in [5, 5.41) is 0. The summed E-state index contributed by atoms with van der Waals surface area (Å²) < 4.78 is 10.5. The van der Waals surface area contributed by atoms with E-state index in [1.807, 2.05) is 30.3 Å². The second-order valence-electron chi connectivity index (χ2n) is 5.28. The minimum Gasteiger partial charge on any atom is -0.497 e. The summed E-state index contributed by atoms with van der Waals surface area (Å²) in [6.07, 6.45) is 3.62. The lowest BCUT2D eigenvalue weighted by atomic mass is 10.1. The largest absolute Gasteiger partial charge is 0.497 e. The number of hydrogen-bond acceptors (Lipinski definition) is 4. The highest BCUT2D eigenvalue weighted by Gasteiger charge is 2.13. The van der Waals surface area contributed by atoms with E-state index in [1.165, 1.54) is 19.3 Å². The summed E-state index contributed by atoms with van der Waals surface area (Å²) in [7, 11) is 1.63. The molecule has 1 aromatic heterocycles. The Bertz CT molecular complexity index is 654. The van der Waals surface area contributed by atoms with E-state index in [2.05, 4.69) is 4.90 Å². The van der Waals surface area contributed by atoms with Crippen LogP contribution in [0.5, 0.6) is 5.75 Å². The first-order valence-electron chi connectivity index (χ1n) is 7.31. The van der Waals surface area contributed by atoms with Crippen molar-refractivity contribution in [3.8, 4) is 17.1 Å². The number of ether oxygens (including phenoxy) is 1. The van der Waals surface area contributed by atoms with Gasteiger partial charge < -0.3 is 14.1 Å². The molecule has 0 bridgehead atoms. The van der Waals surface area contributed by atoms with Crippen LogP contribution >= 0.6 is 0 Å². The standard InChI is InChI=1S/C17H19NO3/c1-20-15-7-5-13(6-8-15)16-11-14(12-17(19)21-16)18-9-3-2-4-10-18/h5-8,11-12H,2-4,9-10H2,1H3. The number of methoxy groups -OCH3 is 1. The molecule has 110 valence electrons. The van der Waals surface area contributed by atoms with E-state index in [0.717, 1.165) is 30.1 Å². The van der Waals surface area contributed by atoms with Gasteiger partial charge in [0.05, 0.1) is 7.11 Å². The predicted octanol–water partition coefficient (Wildman–Crippen LogP) is 3.31. The van der Waals surface area contributed by atoms with E-state index in [1.54, 1.807) is 13.2 Å². The normalized spacial score (nSPS) is 15.0. The third kappa shape index (κ3) is 3.10. The lowest BCUT2D eigenvalue weighted by Crippen LogP contribution is -2.30. The number of nitrogens with zero attached hydrogens (tertiary/aromatic N) is 1. The Balaban J connectivity index is 1.94. The summed E-state index contributed by atoms with van der Waals surface area (Å²) in [6.45, 7) is 2.01. The lowest BCUT2D eigenvalue weighted by Gasteiger charge is -2.28. The topological polar surface area (TPSA) is 42.7 Å². The molecule has 0 N–H and O–H groups in total. The Morgan fingerprint density at radius 1 is 1.05 bits per heavy atom. The van der Waals surface area contributed by atoms with Gasteiger partial charge in [0.15, 0.2) is 0 Å². The monoisotopic (exact) mass is 285 g/mol. The van der Waals surface area contributed by atoms with Crippen molar-refractivity contribution in [3.05, 3.63) is 46.8 Å². The first-order valence-corrected chi connectivity index (χ1v) is 7.31. The molecule has 0 amide bonds. The van der Waals surface area contributed by atoms with Gasteiger partial charge in [0.2, 0.25) is 0 Å². The van der Waals surface area contributed by atoms with Crippen LogP contribution in [0.25, 0.3) is 11.3 Å². The zero-order valence-electron chi connectivity index (χ0n) is 12.2. The molecule has 1 saturated heterocycles. The highest BCUT2D eigenvalue weighted by Crippen LogP contribution is 2.26. The molecule has 0 atom stereocenters. The van der Waals surface area contributed by atoms with Crippen LogP contribution in [0.3, 0.4) is 0 Å². The van der Waals surface area contributed by atoms with Gasteiger partial charge in [-0.2, -0.15) is 0 Å². The van der Waals surface area contributed by atoms with E-state index in [-0.39, 0.29) is 5.63 Å². The van der Waals surface area contributed by atoms with Crippen LogP contribution < -0.4 is 15.3 Å². The lowest BCUT2D eigenvalue weighted by molar-refractivity contribution is 0.415. The van der Waals surface area contributed by atoms with Gasteiger partial charge in [0, 0.05) is 36.5 Å². The van der Waals surface area contributed by atoms with Gasteiger partial charge in [-0.25, -0.2) is 4.79 Å². The first-order chi connectivity index (χ1) is 10.3. The molecule has 0 spiro atoms. The van der Waals surface area contributed by atoms with E-state index in [0.29, 0.717) is 5.76 Å². The van der Waals surface area contributed by atoms with Crippen molar-refractivity contribution < 1.29 is 9.15 Å². The quantitative estimate of drug-likeness (QED) is 0.867. The Morgan fingerprint density at radius 3 is 2.43 bits per heavy atom. The van der Waals surface area contributed by atoms with Gasteiger partial charge >= 0.3 is 5.63 Å². The van der Waals surface area contributed by atoms with Crippen LogP contribution in [0, 0.1) is 0 Å². The van der Waals surface area contributed by atoms with Crippen LogP contribution in [0.2, 0.25) is 0 Å². The molecule has 1 aromatic carbocycles. The van der Waals surface area contributed by atoms with Crippen LogP contribution in [-0.2, 0) is 0 Å². The third-order valence-corrected chi connectivity index (χ3v) is 3.85. The summed E-state index contributed by atoms with van der Waals surface area (Å²) in [5.74, 6) is 1.39. The molecule has 4 nitrogen and oxygen atoms in total. The number of rotatable bonds is 3. The third-order valence-electron chi connectivity index (χ3n) is 3.85. The van der Waals surface area contributed by atoms with Crippen molar-refractivity contribution in [3.63, 3.8) is 0 Å². The van der Waals surface area contributed by atoms with Crippen molar-refractivity contribution in [2.45, 2.75) is 19.3 Å². The first kappa shape index (κ1) is 13.7. The fourth-order valence-corrected chi connectivity index (χ4v) is 2.70. The van der Waals surface area contributed by atoms with Crippen LogP contribution in [0.4, 0.5) is 5.69 Å². The zero-order chi connectivity index (χ0) is 14.7. The molecular formula is C17H19NO3. The van der Waals surface area contributed by atoms with Crippen LogP contribution in [0.1, 0.15) is 19.3 Å². The summed E-state index contributed by atoms with van der Waals surface area (Å²) >= 11 is 0. The average molecular weight is 285 g/mol. The Hall–Kier alpha value is -2.23. The van der Waals surface area contributed by atoms with E-state index in [4.69, 9.17) is 9.15 Å². The molecule has 2 aromatic rings. The molecule has 4 heteroatoms. The second kappa shape index (κ2) is 6.04. The molecule has 21 heavy (non-hydrogen) atoms. The Kier molecular flexibility index (Phi) is 3.95. The summed E-state index contributed by atoms with van der Waals surface area (Å²) in [6, 6.07) is 11.1. The van der Waals surface area contributed by atoms with Crippen LogP contribution in [-0.4, -0.2) is 20.2 Å². The fraction of sp³-hybridized carbons (Fsp3) is 0.353. The molecule has 1 aliphatic heterocycles. The van der Waals surface area contributed by atoms with E-state index >= 15 is 0 Å². The molecule has 1 aliphatic rings. The van der Waals surface area contributed by atoms with Gasteiger partial charge in [0.1, 0.15) is 11.5 Å². The minimum absolute atomic E-state index is 0.302. The molecular weight excluding hydrogens is 266 g/mol. The molecule has 3 rings (SSSR count). The number of piperidine rings is 1. The SMILES string of the molecule is COc1ccc(-c2cc(N3CCCCC3)cc(=O)o2)cc1. The smallest absolute Gasteiger partial charge is 0.338 e. The maximum Gasteiger partial charge on any atom is 0.338 e. The van der Waals surface area contributed by atoms with E-state index in [9.17, 15) is 4.79 Å². The Morgan fingerprint density at radius 2 is 1.76 bits per heavy atom. The van der Waals surface area contributed by atoms with E-state index < -0.39 is 0 Å². The molecule has 0 radical (unpaired) electrons. The van der Waals surface area contributed by atoms with Crippen molar-refractivity contribution in [1.29, 1.82) is 0 Å². The van der Waals surface area contributed by atoms with Crippen molar-refractivity contribution >= 4 is 5.69 Å². The van der Waals surface area contributed by atoms with Crippen molar-refractivity contribution in [1.82, 2.24) is 0 Å². The van der Waals surface area contributed by atoms with Gasteiger partial charge in [-0.05, 0) is 43.5 Å². The average Bonchev–Trinajstić information content (AvgIpc) is 2.55. The summed E-state index contributed by atoms with van der Waals surface area (Å²) in [5.41, 5.74) is 1.53. The second-order valence-corrected chi connectivity index (χ2v) is 5.28. The number of anilines is 1. The molecule has 1 fully saturated rings. The summed E-state index contributed by atoms with van der Waals surface area (Å²) in [4.78, 5) is 14.1. The highest BCUT2D eigenvalue weighted by molar-refractivity contribution is 5.63. The molecule has 0 saturated carbocycles. The molecule has 0 aliphatic carbocycles. The maximum absolute atomic E-state index is 11.8. The minimum atomic E-state index is -0.302. The number of hydrogen-bond donors (Lipinski definition) is 0. The van der Waals surface area contributed by atoms with Crippen molar-refractivity contribution in [2.24, 2.45) is 0 Å². The zero-order valence-corrected chi connectivity index (χ0v) is 12.2. The van der Waals surface area contributed by atoms with Gasteiger partial charge in [-0.1, -0.05) is 0 Å². The molecule has 0 unspecified atom stereocenters. The van der Waals surface area contributed by atoms with Gasteiger partial charge in [0.25, 0.3) is 0 Å². The maximum atomic E-state index is 11.8. The number of benzene rings is 1. The Labute approximate surface area is 124 Å². The van der Waals surface area contributed by atoms with Gasteiger partial charge in [-0.15, -0.1) is 0 Å². The highest BCUT2D eigenvalue weighted by atomic mass is 16.5. The fourth-order valence-electron chi connectivity index (χ4n) is 2.70. The van der Waals surface area contributed by atoms with Gasteiger partial charge in [-0.3, -0.25) is 0 Å². The van der Waals surface area contributed by atoms with Crippen molar-refractivity contribution in [2.75, 3.05) is 25.1 Å². The predicted molar refractivity (Wildman–Crippen MR) is 83.0 cm³/mol. The molecule has 2 heterocycles.